The summed E-state index contributed by atoms with van der Waals surface area (Å²) in [7, 11) is 0. The Morgan fingerprint density at radius 3 is 1.64 bits per heavy atom. The molecular weight excluding hydrogens is 787 g/mol. The average molecular weight is 847 g/mol. The maximum absolute atomic E-state index is 3.67. The van der Waals surface area contributed by atoms with Crippen LogP contribution in [0.3, 0.4) is 0 Å². The molecule has 0 spiro atoms. The zero-order valence-electron chi connectivity index (χ0n) is 34.6. The predicted molar refractivity (Wildman–Crippen MR) is 223 cm³/mol. The minimum Gasteiger partial charge on any atom is -1.00 e. The molecule has 5 aromatic rings. The van der Waals surface area contributed by atoms with Crippen molar-refractivity contribution in [2.24, 2.45) is 23.7 Å². The zero-order valence-corrected chi connectivity index (χ0v) is 38.6. The van der Waals surface area contributed by atoms with Gasteiger partial charge < -0.3 is 24.8 Å². The maximum Gasteiger partial charge on any atom is -1.00 e. The van der Waals surface area contributed by atoms with Crippen molar-refractivity contribution in [1.82, 2.24) is 0 Å². The molecule has 0 aromatic heterocycles. The number of benzene rings is 4. The van der Waals surface area contributed by atoms with Crippen LogP contribution in [0.5, 0.6) is 0 Å². The molecule has 0 aliphatic heterocycles. The molecule has 5 aromatic carbocycles. The Kier molecular flexibility index (Phi) is 14.0. The standard InChI is InChI=1S/C21H25.C16H21.C15H14.2ClH.Zr/c1-20(2,3)16-7-9-18-14(12-16)11-15-13-17(21(4,5)6)8-10-19(15)18;1-10-2-3-13(4-10)16-14-6-11-5-12(8-14)9-15(16)7-11;1-12-3-7-14(8-4-12)11-15-9-5-13(2)6-10-15;;;/h7-10,12H,11H2,1-6H3;2-4,11-12,14-16H,5-9H2,1H3;3-10H,1-2H3;2*1H;/q2*-1;;;;+2/p-2. The van der Waals surface area contributed by atoms with Gasteiger partial charge in [0.2, 0.25) is 0 Å². The normalized spacial score (nSPS) is 21.5. The van der Waals surface area contributed by atoms with Crippen LogP contribution in [0.1, 0.15) is 135 Å². The average Bonchev–Trinajstić information content (AvgIpc) is 3.70. The molecule has 10 rings (SSSR count). The maximum atomic E-state index is 3.67. The molecule has 4 bridgehead atoms. The van der Waals surface area contributed by atoms with E-state index in [1.165, 1.54) is 88.6 Å². The topological polar surface area (TPSA) is 0 Å². The minimum atomic E-state index is 0. The molecular formula is C52H60Cl2Zr-2. The number of hydrogen-bond donors (Lipinski definition) is 0. The summed E-state index contributed by atoms with van der Waals surface area (Å²) in [5, 5.41) is 0. The van der Waals surface area contributed by atoms with Crippen LogP contribution in [0.25, 0.3) is 11.1 Å². The number of fused-ring (bicyclic) bond motifs is 3. The Bertz CT molecular complexity index is 1930. The monoisotopic (exact) mass is 844 g/mol. The summed E-state index contributed by atoms with van der Waals surface area (Å²) in [6.07, 6.45) is 8.77. The van der Waals surface area contributed by atoms with Crippen molar-refractivity contribution in [3.8, 4) is 11.1 Å². The van der Waals surface area contributed by atoms with E-state index in [1.807, 2.05) is 0 Å². The minimum absolute atomic E-state index is 0. The summed E-state index contributed by atoms with van der Waals surface area (Å²) in [5.41, 5.74) is 17.2. The van der Waals surface area contributed by atoms with Gasteiger partial charge in [-0.05, 0) is 84.2 Å². The van der Waals surface area contributed by atoms with Crippen LogP contribution < -0.4 is 24.8 Å². The summed E-state index contributed by atoms with van der Waals surface area (Å²) in [6.45, 7) is 20.1. The van der Waals surface area contributed by atoms with Crippen molar-refractivity contribution < 1.29 is 49.0 Å². The van der Waals surface area contributed by atoms with Crippen molar-refractivity contribution in [2.45, 2.75) is 118 Å². The van der Waals surface area contributed by atoms with Gasteiger partial charge >= 0.3 is 112 Å². The molecule has 0 amide bonds. The second-order valence-electron chi connectivity index (χ2n) is 19.1. The Morgan fingerprint density at radius 1 is 0.636 bits per heavy atom. The van der Waals surface area contributed by atoms with Gasteiger partial charge in [-0.25, -0.2) is 6.07 Å². The molecule has 288 valence electrons. The predicted octanol–water partition coefficient (Wildman–Crippen LogP) is 7.33. The summed E-state index contributed by atoms with van der Waals surface area (Å²) in [5.74, 6) is 5.22. The molecule has 4 fully saturated rings. The number of aryl methyl sites for hydroxylation is 3. The molecule has 0 atom stereocenters. The van der Waals surface area contributed by atoms with E-state index in [-0.39, 0.29) is 35.6 Å². The third-order valence-corrected chi connectivity index (χ3v) is 14.1. The van der Waals surface area contributed by atoms with E-state index in [0.29, 0.717) is 0 Å². The summed E-state index contributed by atoms with van der Waals surface area (Å²) >= 11 is 1.46. The van der Waals surface area contributed by atoms with Gasteiger partial charge in [0.1, 0.15) is 0 Å². The van der Waals surface area contributed by atoms with E-state index >= 15 is 0 Å². The molecule has 0 unspecified atom stereocenters. The van der Waals surface area contributed by atoms with Gasteiger partial charge in [-0.1, -0.05) is 78.1 Å². The quantitative estimate of drug-likeness (QED) is 0.164. The second-order valence-corrected chi connectivity index (χ2v) is 20.3. The molecule has 4 saturated carbocycles. The summed E-state index contributed by atoms with van der Waals surface area (Å²) in [4.78, 5) is 0. The van der Waals surface area contributed by atoms with Crippen molar-refractivity contribution in [2.75, 3.05) is 0 Å². The Hall–Kier alpha value is -2.44. The molecule has 5 aliphatic carbocycles. The molecule has 5 aliphatic rings. The fraction of sp³-hybridized carbons (Fsp3) is 0.423. The van der Waals surface area contributed by atoms with Gasteiger partial charge in [-0.3, -0.25) is 0 Å². The third kappa shape index (κ3) is 10.00. The van der Waals surface area contributed by atoms with Gasteiger partial charge in [-0.15, -0.1) is 11.1 Å². The molecule has 0 nitrogen and oxygen atoms in total. The van der Waals surface area contributed by atoms with E-state index in [2.05, 4.69) is 165 Å². The summed E-state index contributed by atoms with van der Waals surface area (Å²) < 4.78 is 1.42. The van der Waals surface area contributed by atoms with E-state index < -0.39 is 0 Å². The van der Waals surface area contributed by atoms with Gasteiger partial charge in [0.05, 0.1) is 0 Å². The second kappa shape index (κ2) is 17.6. The Balaban J connectivity index is 0.000000157. The molecule has 0 saturated heterocycles. The van der Waals surface area contributed by atoms with Crippen molar-refractivity contribution in [1.29, 1.82) is 0 Å². The first-order valence-electron chi connectivity index (χ1n) is 20.3. The molecule has 3 heteroatoms. The van der Waals surface area contributed by atoms with Gasteiger partial charge in [-0.2, -0.15) is 47.0 Å². The van der Waals surface area contributed by atoms with Crippen molar-refractivity contribution in [3.63, 3.8) is 0 Å². The smallest absolute Gasteiger partial charge is 1.00 e. The molecule has 0 radical (unpaired) electrons. The summed E-state index contributed by atoms with van der Waals surface area (Å²) in [6, 6.07) is 39.9. The van der Waals surface area contributed by atoms with Crippen LogP contribution in [-0.2, 0) is 41.5 Å². The van der Waals surface area contributed by atoms with Gasteiger partial charge in [0.15, 0.2) is 0 Å². The first kappa shape index (κ1) is 43.7. The fourth-order valence-electron chi connectivity index (χ4n) is 9.90. The number of rotatable bonds is 3. The largest absolute Gasteiger partial charge is 1.00 e. The van der Waals surface area contributed by atoms with Crippen LogP contribution in [0.4, 0.5) is 0 Å². The van der Waals surface area contributed by atoms with Gasteiger partial charge in [0.25, 0.3) is 0 Å². The first-order chi connectivity index (χ1) is 25.1. The Morgan fingerprint density at radius 2 is 1.16 bits per heavy atom. The van der Waals surface area contributed by atoms with Crippen LogP contribution in [-0.4, -0.2) is 3.21 Å². The number of hydrogen-bond acceptors (Lipinski definition) is 0. The van der Waals surface area contributed by atoms with Crippen LogP contribution in [0.15, 0.2) is 97.1 Å². The van der Waals surface area contributed by atoms with E-state index in [9.17, 15) is 0 Å². The zero-order chi connectivity index (χ0) is 37.7. The molecule has 55 heavy (non-hydrogen) atoms. The van der Waals surface area contributed by atoms with Crippen LogP contribution in [0, 0.1) is 50.5 Å². The van der Waals surface area contributed by atoms with Crippen molar-refractivity contribution >= 4 is 3.21 Å². The third-order valence-electron chi connectivity index (χ3n) is 12.7. The van der Waals surface area contributed by atoms with Crippen molar-refractivity contribution in [3.05, 3.63) is 159 Å². The molecule has 0 N–H and O–H groups in total. The van der Waals surface area contributed by atoms with E-state index in [1.54, 1.807) is 37.7 Å². The first-order valence-corrected chi connectivity index (χ1v) is 21.5. The van der Waals surface area contributed by atoms with E-state index in [4.69, 9.17) is 0 Å². The number of halogens is 2. The SMILES string of the molecule is CC(C)(C)c1[c-]c2c(cc1)-c1ccc(C(C)(C)C)cc1C2.Cc1cc(C2C3CC4CC(C3)CC2C4)c[cH-]1.Cc1ccc([C](=[Zr+2])c2ccc(C)cc2)cc1.[Cl-].[Cl-]. The Labute approximate surface area is 360 Å². The van der Waals surface area contributed by atoms with E-state index in [0.717, 1.165) is 36.0 Å². The van der Waals surface area contributed by atoms with Gasteiger partial charge in [0, 0.05) is 0 Å². The molecule has 0 heterocycles. The fourth-order valence-corrected chi connectivity index (χ4v) is 10.7. The van der Waals surface area contributed by atoms with Crippen LogP contribution in [0.2, 0.25) is 0 Å². The van der Waals surface area contributed by atoms with Crippen LogP contribution >= 0.6 is 0 Å².